The lowest BCUT2D eigenvalue weighted by Gasteiger charge is -2.32. The third-order valence-electron chi connectivity index (χ3n) is 4.00. The summed E-state index contributed by atoms with van der Waals surface area (Å²) in [7, 11) is 0. The number of hydrogen-bond donors (Lipinski definition) is 1. The van der Waals surface area contributed by atoms with Gasteiger partial charge in [-0.2, -0.15) is 0 Å². The molecule has 0 aliphatic carbocycles. The largest absolute Gasteiger partial charge is 0.330 e. The molecule has 100 valence electrons. The van der Waals surface area contributed by atoms with Gasteiger partial charge in [0.2, 0.25) is 0 Å². The van der Waals surface area contributed by atoms with Crippen molar-refractivity contribution in [3.8, 4) is 0 Å². The van der Waals surface area contributed by atoms with Gasteiger partial charge in [-0.3, -0.25) is 0 Å². The summed E-state index contributed by atoms with van der Waals surface area (Å²) < 4.78 is 0. The number of nitrogens with two attached hydrogens (primary N) is 1. The zero-order chi connectivity index (χ0) is 12.6. The Bertz CT molecular complexity index is 315. The van der Waals surface area contributed by atoms with Crippen molar-refractivity contribution in [2.24, 2.45) is 11.7 Å². The fraction of sp³-hybridized carbons (Fsp3) is 0.625. The molecule has 0 unspecified atom stereocenters. The summed E-state index contributed by atoms with van der Waals surface area (Å²) >= 11 is 0. The zero-order valence-corrected chi connectivity index (χ0v) is 11.4. The lowest BCUT2D eigenvalue weighted by molar-refractivity contribution is 0.181. The summed E-state index contributed by atoms with van der Waals surface area (Å²) in [6.07, 6.45) is 6.41. The van der Waals surface area contributed by atoms with E-state index in [1.165, 1.54) is 57.3 Å². The van der Waals surface area contributed by atoms with Crippen LogP contribution in [0, 0.1) is 5.92 Å². The van der Waals surface area contributed by atoms with Crippen LogP contribution in [-0.2, 0) is 6.42 Å². The topological polar surface area (TPSA) is 29.3 Å². The van der Waals surface area contributed by atoms with E-state index in [1.807, 2.05) is 0 Å². The highest BCUT2D eigenvalue weighted by Gasteiger charge is 2.18. The van der Waals surface area contributed by atoms with E-state index in [2.05, 4.69) is 35.2 Å². The van der Waals surface area contributed by atoms with Crippen LogP contribution in [0.2, 0.25) is 0 Å². The van der Waals surface area contributed by atoms with Gasteiger partial charge in [-0.25, -0.2) is 0 Å². The maximum absolute atomic E-state index is 5.53. The van der Waals surface area contributed by atoms with Crippen LogP contribution in [0.5, 0.6) is 0 Å². The molecule has 0 radical (unpaired) electrons. The average molecular weight is 246 g/mol. The van der Waals surface area contributed by atoms with Gasteiger partial charge in [-0.05, 0) is 69.8 Å². The molecule has 2 heteroatoms. The van der Waals surface area contributed by atoms with Gasteiger partial charge in [-0.1, -0.05) is 30.3 Å². The van der Waals surface area contributed by atoms with E-state index in [9.17, 15) is 0 Å². The van der Waals surface area contributed by atoms with Gasteiger partial charge in [0.15, 0.2) is 0 Å². The predicted octanol–water partition coefficient (Wildman–Crippen LogP) is 2.68. The fourth-order valence-corrected chi connectivity index (χ4v) is 2.84. The molecule has 2 rings (SSSR count). The number of benzene rings is 1. The van der Waals surface area contributed by atoms with Gasteiger partial charge in [0.25, 0.3) is 0 Å². The second kappa shape index (κ2) is 7.55. The Kier molecular flexibility index (Phi) is 5.69. The summed E-state index contributed by atoms with van der Waals surface area (Å²) in [5.41, 5.74) is 7.03. The molecular weight excluding hydrogens is 220 g/mol. The highest BCUT2D eigenvalue weighted by atomic mass is 15.1. The third-order valence-corrected chi connectivity index (χ3v) is 4.00. The van der Waals surface area contributed by atoms with Crippen molar-refractivity contribution >= 4 is 0 Å². The Hall–Kier alpha value is -0.860. The van der Waals surface area contributed by atoms with E-state index in [1.54, 1.807) is 0 Å². The minimum atomic E-state index is 0.838. The number of unbranched alkanes of at least 4 members (excludes halogenated alkanes) is 1. The fourth-order valence-electron chi connectivity index (χ4n) is 2.84. The van der Waals surface area contributed by atoms with Gasteiger partial charge in [0.1, 0.15) is 0 Å². The molecule has 0 spiro atoms. The van der Waals surface area contributed by atoms with Crippen LogP contribution in [0.1, 0.15) is 31.2 Å². The molecule has 1 aliphatic rings. The number of likely N-dealkylation sites (tertiary alicyclic amines) is 1. The van der Waals surface area contributed by atoms with Crippen molar-refractivity contribution in [2.75, 3.05) is 26.2 Å². The predicted molar refractivity (Wildman–Crippen MR) is 77.6 cm³/mol. The lowest BCUT2D eigenvalue weighted by Crippen LogP contribution is -2.35. The lowest BCUT2D eigenvalue weighted by atomic mass is 9.90. The molecule has 2 nitrogen and oxygen atoms in total. The van der Waals surface area contributed by atoms with Crippen LogP contribution in [-0.4, -0.2) is 31.1 Å². The smallest absolute Gasteiger partial charge is 0.00160 e. The molecule has 18 heavy (non-hydrogen) atoms. The van der Waals surface area contributed by atoms with Crippen LogP contribution in [0.3, 0.4) is 0 Å². The Morgan fingerprint density at radius 1 is 1.06 bits per heavy atom. The quantitative estimate of drug-likeness (QED) is 0.782. The summed E-state index contributed by atoms with van der Waals surface area (Å²) in [6.45, 7) is 4.64. The first-order valence-electron chi connectivity index (χ1n) is 7.35. The van der Waals surface area contributed by atoms with E-state index in [4.69, 9.17) is 5.73 Å². The summed E-state index contributed by atoms with van der Waals surface area (Å²) in [6, 6.07) is 10.9. The standard InChI is InChI=1S/C16H26N2/c17-10-4-5-11-18-12-8-16(9-13-18)14-15-6-2-1-3-7-15/h1-3,6-7,16H,4-5,8-14,17H2. The molecule has 1 heterocycles. The van der Waals surface area contributed by atoms with Crippen molar-refractivity contribution in [1.29, 1.82) is 0 Å². The molecule has 0 saturated carbocycles. The SMILES string of the molecule is NCCCCN1CCC(Cc2ccccc2)CC1. The van der Waals surface area contributed by atoms with Gasteiger partial charge in [-0.15, -0.1) is 0 Å². The highest BCUT2D eigenvalue weighted by molar-refractivity contribution is 5.15. The number of piperidine rings is 1. The van der Waals surface area contributed by atoms with E-state index in [0.29, 0.717) is 0 Å². The van der Waals surface area contributed by atoms with Crippen molar-refractivity contribution in [3.05, 3.63) is 35.9 Å². The summed E-state index contributed by atoms with van der Waals surface area (Å²) in [5, 5.41) is 0. The molecular formula is C16H26N2. The maximum Gasteiger partial charge on any atom is -0.00160 e. The Labute approximate surface area is 111 Å². The first kappa shape index (κ1) is 13.6. The monoisotopic (exact) mass is 246 g/mol. The number of nitrogens with zero attached hydrogens (tertiary/aromatic N) is 1. The van der Waals surface area contributed by atoms with E-state index >= 15 is 0 Å². The average Bonchev–Trinajstić information content (AvgIpc) is 2.42. The first-order valence-corrected chi connectivity index (χ1v) is 7.35. The summed E-state index contributed by atoms with van der Waals surface area (Å²) in [5.74, 6) is 0.887. The minimum absolute atomic E-state index is 0.838. The highest BCUT2D eigenvalue weighted by Crippen LogP contribution is 2.21. The first-order chi connectivity index (χ1) is 8.88. The Morgan fingerprint density at radius 2 is 1.78 bits per heavy atom. The van der Waals surface area contributed by atoms with Crippen LogP contribution < -0.4 is 5.73 Å². The van der Waals surface area contributed by atoms with Crippen LogP contribution in [0.4, 0.5) is 0 Å². The van der Waals surface area contributed by atoms with Crippen molar-refractivity contribution in [1.82, 2.24) is 4.90 Å². The van der Waals surface area contributed by atoms with Crippen LogP contribution in [0.25, 0.3) is 0 Å². The molecule has 0 bridgehead atoms. The number of hydrogen-bond acceptors (Lipinski definition) is 2. The summed E-state index contributed by atoms with van der Waals surface area (Å²) in [4.78, 5) is 2.61. The van der Waals surface area contributed by atoms with Crippen molar-refractivity contribution in [2.45, 2.75) is 32.1 Å². The number of rotatable bonds is 6. The van der Waals surface area contributed by atoms with E-state index in [0.717, 1.165) is 12.5 Å². The Morgan fingerprint density at radius 3 is 2.44 bits per heavy atom. The third kappa shape index (κ3) is 4.43. The maximum atomic E-state index is 5.53. The molecule has 1 saturated heterocycles. The second-order valence-electron chi connectivity index (χ2n) is 5.47. The van der Waals surface area contributed by atoms with Crippen LogP contribution in [0.15, 0.2) is 30.3 Å². The molecule has 0 aromatic heterocycles. The molecule has 1 fully saturated rings. The van der Waals surface area contributed by atoms with Gasteiger partial charge in [0.05, 0.1) is 0 Å². The zero-order valence-electron chi connectivity index (χ0n) is 11.4. The molecule has 1 aromatic carbocycles. The Balaban J connectivity index is 1.67. The van der Waals surface area contributed by atoms with Gasteiger partial charge >= 0.3 is 0 Å². The van der Waals surface area contributed by atoms with Crippen molar-refractivity contribution < 1.29 is 0 Å². The normalized spacial score (nSPS) is 18.1. The van der Waals surface area contributed by atoms with E-state index in [-0.39, 0.29) is 0 Å². The minimum Gasteiger partial charge on any atom is -0.330 e. The van der Waals surface area contributed by atoms with Gasteiger partial charge < -0.3 is 10.6 Å². The van der Waals surface area contributed by atoms with E-state index < -0.39 is 0 Å². The second-order valence-corrected chi connectivity index (χ2v) is 5.47. The molecule has 2 N–H and O–H groups in total. The molecule has 0 amide bonds. The molecule has 1 aliphatic heterocycles. The molecule has 1 aromatic rings. The van der Waals surface area contributed by atoms with Crippen LogP contribution >= 0.6 is 0 Å². The van der Waals surface area contributed by atoms with Crippen molar-refractivity contribution in [3.63, 3.8) is 0 Å². The molecule has 0 atom stereocenters. The van der Waals surface area contributed by atoms with Gasteiger partial charge in [0, 0.05) is 0 Å².